The number of hydrogen-bond acceptors (Lipinski definition) is 4. The Morgan fingerprint density at radius 1 is 0.971 bits per heavy atom. The first kappa shape index (κ1) is 26.9. The first-order valence-electron chi connectivity index (χ1n) is 14.7. The summed E-state index contributed by atoms with van der Waals surface area (Å²) in [5, 5.41) is 10.2. The number of rotatable bonds is 5. The van der Waals surface area contributed by atoms with Crippen LogP contribution in [0.5, 0.6) is 0 Å². The minimum absolute atomic E-state index is 0.0766. The highest BCUT2D eigenvalue weighted by atomic mass is 16.6. The van der Waals surface area contributed by atoms with Gasteiger partial charge in [-0.05, 0) is 97.7 Å². The van der Waals surface area contributed by atoms with Gasteiger partial charge in [0, 0.05) is 0 Å². The molecule has 1 unspecified atom stereocenters. The molecule has 0 aromatic carbocycles. The molecule has 0 bridgehead atoms. The van der Waals surface area contributed by atoms with E-state index in [2.05, 4.69) is 45.4 Å². The molecule has 35 heavy (non-hydrogen) atoms. The molecule has 5 aliphatic rings. The first-order chi connectivity index (χ1) is 16.5. The molecule has 1 aliphatic heterocycles. The van der Waals surface area contributed by atoms with E-state index in [1.807, 2.05) is 0 Å². The van der Waals surface area contributed by atoms with Gasteiger partial charge in [-0.3, -0.25) is 9.59 Å². The van der Waals surface area contributed by atoms with Gasteiger partial charge in [0.1, 0.15) is 0 Å². The van der Waals surface area contributed by atoms with Crippen LogP contribution in [0.15, 0.2) is 11.6 Å². The summed E-state index contributed by atoms with van der Waals surface area (Å²) < 4.78 is 4.08. The van der Waals surface area contributed by atoms with Gasteiger partial charge in [-0.1, -0.05) is 65.5 Å². The van der Waals surface area contributed by atoms with Crippen molar-refractivity contribution in [1.82, 2.24) is 0 Å². The molecule has 1 N–H and O–H groups in total. The summed E-state index contributed by atoms with van der Waals surface area (Å²) in [4.78, 5) is 20.0. The molecule has 0 spiro atoms. The van der Waals surface area contributed by atoms with Crippen LogP contribution in [-0.4, -0.2) is 23.1 Å². The molecule has 0 aromatic rings. The van der Waals surface area contributed by atoms with Gasteiger partial charge in [0.25, 0.3) is 0 Å². The minimum Gasteiger partial charge on any atom is -0.393 e. The summed E-state index contributed by atoms with van der Waals surface area (Å²) in [7, 11) is 0. The minimum atomic E-state index is -0.398. The average molecular weight is 487 g/mol. The molecule has 8 atom stereocenters. The summed E-state index contributed by atoms with van der Waals surface area (Å²) in [6.45, 7) is 12.6. The molecule has 1 heterocycles. The maximum atomic E-state index is 10.2. The van der Waals surface area contributed by atoms with Gasteiger partial charge in [-0.2, -0.15) is 0 Å². The third kappa shape index (κ3) is 5.43. The zero-order valence-electron chi connectivity index (χ0n) is 23.0. The monoisotopic (exact) mass is 486 g/mol. The second kappa shape index (κ2) is 10.7. The smallest absolute Gasteiger partial charge is 0.314 e. The van der Waals surface area contributed by atoms with Crippen LogP contribution >= 0.6 is 0 Å². The Balaban J connectivity index is 0.000000356. The van der Waals surface area contributed by atoms with Gasteiger partial charge in [0.15, 0.2) is 0 Å². The van der Waals surface area contributed by atoms with Crippen LogP contribution in [0.1, 0.15) is 118 Å². The van der Waals surface area contributed by atoms with Gasteiger partial charge in [-0.15, -0.1) is 0 Å². The summed E-state index contributed by atoms with van der Waals surface area (Å²) >= 11 is 0. The Bertz CT molecular complexity index is 801. The van der Waals surface area contributed by atoms with Crippen LogP contribution in [0.3, 0.4) is 0 Å². The molecule has 4 heteroatoms. The SMILES string of the molecule is CC(C)CCCC(C)[C@H]1CC[C@H]2[C@@H]3CC=C4C[C@@H](O)CC[C@]4(C)[C@H]3CC[C@]12C.O=C1CCC(=O)O1. The fourth-order valence-electron chi connectivity index (χ4n) is 9.10. The zero-order valence-corrected chi connectivity index (χ0v) is 23.0. The lowest BCUT2D eigenvalue weighted by atomic mass is 9.47. The van der Waals surface area contributed by atoms with Crippen LogP contribution < -0.4 is 0 Å². The van der Waals surface area contributed by atoms with E-state index in [0.29, 0.717) is 10.8 Å². The normalized spacial score (nSPS) is 41.2. The molecule has 4 nitrogen and oxygen atoms in total. The number of aliphatic hydroxyl groups excluding tert-OH is 1. The van der Waals surface area contributed by atoms with Crippen molar-refractivity contribution in [1.29, 1.82) is 0 Å². The van der Waals surface area contributed by atoms with Crippen molar-refractivity contribution < 1.29 is 19.4 Å². The number of allylic oxidation sites excluding steroid dienone is 1. The number of hydrogen-bond donors (Lipinski definition) is 1. The van der Waals surface area contributed by atoms with E-state index >= 15 is 0 Å². The van der Waals surface area contributed by atoms with E-state index in [4.69, 9.17) is 0 Å². The number of cyclic esters (lactones) is 2. The predicted molar refractivity (Wildman–Crippen MR) is 139 cm³/mol. The summed E-state index contributed by atoms with van der Waals surface area (Å²) in [6.07, 6.45) is 17.7. The van der Waals surface area contributed by atoms with Crippen LogP contribution in [0.4, 0.5) is 0 Å². The van der Waals surface area contributed by atoms with Crippen molar-refractivity contribution in [2.45, 2.75) is 124 Å². The van der Waals surface area contributed by atoms with Crippen molar-refractivity contribution >= 4 is 11.9 Å². The second-order valence-electron chi connectivity index (χ2n) is 13.5. The number of ether oxygens (including phenoxy) is 1. The number of carbonyl (C=O) groups excluding carboxylic acids is 2. The Labute approximate surface area is 213 Å². The molecule has 1 saturated heterocycles. The van der Waals surface area contributed by atoms with Crippen molar-refractivity contribution in [3.63, 3.8) is 0 Å². The largest absolute Gasteiger partial charge is 0.393 e. The maximum Gasteiger partial charge on any atom is 0.314 e. The summed E-state index contributed by atoms with van der Waals surface area (Å²) in [5.74, 6) is 4.66. The van der Waals surface area contributed by atoms with E-state index in [9.17, 15) is 14.7 Å². The zero-order chi connectivity index (χ0) is 25.4. The van der Waals surface area contributed by atoms with Crippen molar-refractivity contribution in [2.24, 2.45) is 46.3 Å². The van der Waals surface area contributed by atoms with E-state index in [0.717, 1.165) is 48.3 Å². The molecular weight excluding hydrogens is 436 g/mol. The number of fused-ring (bicyclic) bond motifs is 5. The second-order valence-corrected chi connectivity index (χ2v) is 13.5. The van der Waals surface area contributed by atoms with Gasteiger partial charge in [0.05, 0.1) is 18.9 Å². The Kier molecular flexibility index (Phi) is 8.20. The van der Waals surface area contributed by atoms with Crippen molar-refractivity contribution in [3.8, 4) is 0 Å². The standard InChI is InChI=1S/C27H46O.C4H4O3/c1-18(2)7-6-8-19(3)23-11-12-24-22-10-9-20-17-21(28)13-15-26(20,4)25(22)14-16-27(23,24)5;5-3-1-2-4(6)7-3/h9,18-19,21-25,28H,6-8,10-17H2,1-5H3;1-2H2/t19?,21-,22-,23+,24-,25-,26-,27+;/m0./s1. The van der Waals surface area contributed by atoms with Gasteiger partial charge >= 0.3 is 11.9 Å². The van der Waals surface area contributed by atoms with Crippen LogP contribution in [0.25, 0.3) is 0 Å². The molecule has 5 rings (SSSR count). The summed E-state index contributed by atoms with van der Waals surface area (Å²) in [5.41, 5.74) is 2.60. The van der Waals surface area contributed by atoms with Gasteiger partial charge in [0.2, 0.25) is 0 Å². The summed E-state index contributed by atoms with van der Waals surface area (Å²) in [6, 6.07) is 0. The number of esters is 2. The average Bonchev–Trinajstić information content (AvgIpc) is 3.35. The molecule has 0 radical (unpaired) electrons. The number of aliphatic hydroxyl groups is 1. The topological polar surface area (TPSA) is 63.6 Å². The molecule has 3 saturated carbocycles. The third-order valence-electron chi connectivity index (χ3n) is 11.0. The lowest BCUT2D eigenvalue weighted by Gasteiger charge is -2.58. The fourth-order valence-corrected chi connectivity index (χ4v) is 9.10. The highest BCUT2D eigenvalue weighted by molar-refractivity contribution is 5.92. The lowest BCUT2D eigenvalue weighted by molar-refractivity contribution is -0.151. The molecule has 4 fully saturated rings. The maximum absolute atomic E-state index is 10.2. The fraction of sp³-hybridized carbons (Fsp3) is 0.871. The third-order valence-corrected chi connectivity index (χ3v) is 11.0. The molecule has 4 aliphatic carbocycles. The van der Waals surface area contributed by atoms with Crippen molar-refractivity contribution in [3.05, 3.63) is 11.6 Å². The van der Waals surface area contributed by atoms with E-state index in [1.54, 1.807) is 5.57 Å². The lowest BCUT2D eigenvalue weighted by Crippen LogP contribution is -2.50. The van der Waals surface area contributed by atoms with Crippen LogP contribution in [0.2, 0.25) is 0 Å². The van der Waals surface area contributed by atoms with Gasteiger partial charge in [-0.25, -0.2) is 0 Å². The first-order valence-corrected chi connectivity index (χ1v) is 14.7. The van der Waals surface area contributed by atoms with E-state index < -0.39 is 11.9 Å². The Morgan fingerprint density at radius 2 is 1.69 bits per heavy atom. The van der Waals surface area contributed by atoms with Crippen LogP contribution in [0, 0.1) is 46.3 Å². The Hall–Kier alpha value is -1.16. The molecular formula is C31H50O4. The highest BCUT2D eigenvalue weighted by Gasteiger charge is 2.59. The molecule has 198 valence electrons. The van der Waals surface area contributed by atoms with Crippen LogP contribution in [-0.2, 0) is 14.3 Å². The molecule has 0 amide bonds. The number of carbonyl (C=O) groups is 2. The highest BCUT2D eigenvalue weighted by Crippen LogP contribution is 2.67. The molecule has 0 aromatic heterocycles. The quantitative estimate of drug-likeness (QED) is 0.253. The van der Waals surface area contributed by atoms with E-state index in [-0.39, 0.29) is 18.9 Å². The Morgan fingerprint density at radius 3 is 2.31 bits per heavy atom. The van der Waals surface area contributed by atoms with Gasteiger partial charge < -0.3 is 9.84 Å². The van der Waals surface area contributed by atoms with E-state index in [1.165, 1.54) is 57.8 Å². The predicted octanol–water partition coefficient (Wildman–Crippen LogP) is 7.24. The van der Waals surface area contributed by atoms with Crippen molar-refractivity contribution in [2.75, 3.05) is 0 Å².